The minimum atomic E-state index is -2.44. The topological polar surface area (TPSA) is 113 Å². The van der Waals surface area contributed by atoms with Crippen molar-refractivity contribution < 1.29 is 19.8 Å². The van der Waals surface area contributed by atoms with E-state index in [2.05, 4.69) is 5.32 Å². The lowest BCUT2D eigenvalue weighted by Crippen LogP contribution is -2.65. The van der Waals surface area contributed by atoms with Gasteiger partial charge in [0.2, 0.25) is 5.91 Å². The molecule has 0 aliphatic rings. The number of carboxylic acids is 1. The Balaban J connectivity index is 2.52. The molecule has 0 heterocycles. The van der Waals surface area contributed by atoms with Crippen molar-refractivity contribution in [2.75, 3.05) is 12.0 Å². The molecule has 0 radical (unpaired) electrons. The molecule has 2 atom stereocenters. The molecule has 6 nitrogen and oxygen atoms in total. The minimum absolute atomic E-state index is 0.122. The number of carboxylic acid groups (broad SMARTS) is 1. The third-order valence-electron chi connectivity index (χ3n) is 3.25. The molecular weight excluding hydrogens is 304 g/mol. The van der Waals surface area contributed by atoms with Crippen LogP contribution in [0.15, 0.2) is 30.3 Å². The molecule has 0 aliphatic heterocycles. The SMILES string of the molecule is CSC[C@H](N)[C@@](O)(NC(=O)CCCc1ccccc1)C(=O)O. The highest BCUT2D eigenvalue weighted by atomic mass is 32.2. The number of aliphatic hydroxyl groups is 1. The van der Waals surface area contributed by atoms with Gasteiger partial charge in [-0.05, 0) is 24.7 Å². The van der Waals surface area contributed by atoms with Gasteiger partial charge in [-0.15, -0.1) is 0 Å². The van der Waals surface area contributed by atoms with Gasteiger partial charge in [-0.2, -0.15) is 11.8 Å². The fourth-order valence-corrected chi connectivity index (χ4v) is 2.58. The highest BCUT2D eigenvalue weighted by molar-refractivity contribution is 7.98. The van der Waals surface area contributed by atoms with Crippen LogP contribution in [0, 0.1) is 0 Å². The molecule has 1 aromatic carbocycles. The van der Waals surface area contributed by atoms with Crippen LogP contribution in [0.3, 0.4) is 0 Å². The number of nitrogens with one attached hydrogen (secondary N) is 1. The van der Waals surface area contributed by atoms with Gasteiger partial charge in [-0.25, -0.2) is 4.79 Å². The van der Waals surface area contributed by atoms with Gasteiger partial charge in [-0.1, -0.05) is 30.3 Å². The van der Waals surface area contributed by atoms with Crippen LogP contribution in [0.5, 0.6) is 0 Å². The average Bonchev–Trinajstić information content (AvgIpc) is 2.48. The minimum Gasteiger partial charge on any atom is -0.478 e. The standard InChI is InChI=1S/C15H22N2O4S/c1-22-10-12(16)15(21,14(19)20)17-13(18)9-5-8-11-6-3-2-4-7-11/h2-4,6-7,12,21H,5,8-10,16H2,1H3,(H,17,18)(H,19,20)/t12-,15-/m0/s1. The van der Waals surface area contributed by atoms with Gasteiger partial charge < -0.3 is 21.3 Å². The zero-order chi connectivity index (χ0) is 16.6. The predicted molar refractivity (Wildman–Crippen MR) is 86.5 cm³/mol. The Bertz CT molecular complexity index is 498. The number of nitrogens with two attached hydrogens (primary N) is 1. The van der Waals surface area contributed by atoms with Crippen LogP contribution in [-0.4, -0.2) is 45.9 Å². The molecule has 0 fully saturated rings. The van der Waals surface area contributed by atoms with Crippen LogP contribution < -0.4 is 11.1 Å². The van der Waals surface area contributed by atoms with Crippen molar-refractivity contribution in [3.05, 3.63) is 35.9 Å². The van der Waals surface area contributed by atoms with Crippen molar-refractivity contribution in [1.29, 1.82) is 0 Å². The molecule has 22 heavy (non-hydrogen) atoms. The van der Waals surface area contributed by atoms with Crippen molar-refractivity contribution in [2.24, 2.45) is 5.73 Å². The Kier molecular flexibility index (Phi) is 7.37. The second-order valence-electron chi connectivity index (χ2n) is 5.02. The molecule has 5 N–H and O–H groups in total. The normalized spacial score (nSPS) is 14.9. The smallest absolute Gasteiger partial charge is 0.358 e. The molecular formula is C15H22N2O4S. The maximum atomic E-state index is 11.9. The lowest BCUT2D eigenvalue weighted by molar-refractivity contribution is -0.167. The summed E-state index contributed by atoms with van der Waals surface area (Å²) in [4.78, 5) is 23.1. The Labute approximate surface area is 134 Å². The lowest BCUT2D eigenvalue weighted by atomic mass is 10.0. The number of hydrogen-bond acceptors (Lipinski definition) is 5. The molecule has 0 aliphatic carbocycles. The van der Waals surface area contributed by atoms with E-state index in [1.165, 1.54) is 11.8 Å². The summed E-state index contributed by atoms with van der Waals surface area (Å²) >= 11 is 1.30. The number of carbonyl (C=O) groups is 2. The summed E-state index contributed by atoms with van der Waals surface area (Å²) in [6.07, 6.45) is 3.13. The first-order chi connectivity index (χ1) is 10.4. The van der Waals surface area contributed by atoms with Crippen LogP contribution in [0.25, 0.3) is 0 Å². The molecule has 1 aromatic rings. The predicted octanol–water partition coefficient (Wildman–Crippen LogP) is 0.589. The van der Waals surface area contributed by atoms with Crippen molar-refractivity contribution in [2.45, 2.75) is 31.0 Å². The number of thioether (sulfide) groups is 1. The van der Waals surface area contributed by atoms with Gasteiger partial charge in [-0.3, -0.25) is 4.79 Å². The first-order valence-electron chi connectivity index (χ1n) is 6.95. The van der Waals surface area contributed by atoms with E-state index in [0.29, 0.717) is 12.8 Å². The summed E-state index contributed by atoms with van der Waals surface area (Å²) in [5.74, 6) is -1.87. The Morgan fingerprint density at radius 1 is 1.36 bits per heavy atom. The van der Waals surface area contributed by atoms with E-state index in [0.717, 1.165) is 5.56 Å². The number of benzene rings is 1. The molecule has 122 valence electrons. The molecule has 0 aromatic heterocycles. The summed E-state index contributed by atoms with van der Waals surface area (Å²) in [5.41, 5.74) is 4.33. The molecule has 0 bridgehead atoms. The quantitative estimate of drug-likeness (QED) is 0.494. The second-order valence-corrected chi connectivity index (χ2v) is 5.93. The van der Waals surface area contributed by atoms with E-state index in [9.17, 15) is 14.7 Å². The molecule has 0 saturated heterocycles. The molecule has 0 saturated carbocycles. The van der Waals surface area contributed by atoms with Crippen LogP contribution >= 0.6 is 11.8 Å². The molecule has 7 heteroatoms. The second kappa shape index (κ2) is 8.77. The molecule has 1 rings (SSSR count). The number of rotatable bonds is 9. The number of hydrogen-bond donors (Lipinski definition) is 4. The fraction of sp³-hybridized carbons (Fsp3) is 0.467. The summed E-state index contributed by atoms with van der Waals surface area (Å²) in [6.45, 7) is 0. The van der Waals surface area contributed by atoms with Gasteiger partial charge in [0.15, 0.2) is 0 Å². The average molecular weight is 326 g/mol. The maximum absolute atomic E-state index is 11.9. The molecule has 0 unspecified atom stereocenters. The van der Waals surface area contributed by atoms with E-state index in [1.54, 1.807) is 6.26 Å². The van der Waals surface area contributed by atoms with Crippen LogP contribution in [-0.2, 0) is 16.0 Å². The van der Waals surface area contributed by atoms with Crippen LogP contribution in [0.2, 0.25) is 0 Å². The first-order valence-corrected chi connectivity index (χ1v) is 8.34. The Morgan fingerprint density at radius 3 is 2.55 bits per heavy atom. The summed E-state index contributed by atoms with van der Waals surface area (Å²) in [5, 5.41) is 21.4. The summed E-state index contributed by atoms with van der Waals surface area (Å²) < 4.78 is 0. The zero-order valence-corrected chi connectivity index (χ0v) is 13.3. The lowest BCUT2D eigenvalue weighted by Gasteiger charge is -2.30. The molecule has 0 spiro atoms. The Morgan fingerprint density at radius 2 is 2.00 bits per heavy atom. The maximum Gasteiger partial charge on any atom is 0.358 e. The van der Waals surface area contributed by atoms with Gasteiger partial charge in [0.25, 0.3) is 5.72 Å². The number of aryl methyl sites for hydroxylation is 1. The number of aliphatic carboxylic acids is 1. The van der Waals surface area contributed by atoms with Crippen LogP contribution in [0.1, 0.15) is 18.4 Å². The largest absolute Gasteiger partial charge is 0.478 e. The van der Waals surface area contributed by atoms with Crippen LogP contribution in [0.4, 0.5) is 0 Å². The third kappa shape index (κ3) is 5.32. The highest BCUT2D eigenvalue weighted by Gasteiger charge is 2.43. The van der Waals surface area contributed by atoms with E-state index < -0.39 is 23.6 Å². The highest BCUT2D eigenvalue weighted by Crippen LogP contribution is 2.11. The van der Waals surface area contributed by atoms with Gasteiger partial charge >= 0.3 is 5.97 Å². The van der Waals surface area contributed by atoms with Crippen molar-refractivity contribution >= 4 is 23.6 Å². The third-order valence-corrected chi connectivity index (χ3v) is 3.94. The van der Waals surface area contributed by atoms with Gasteiger partial charge in [0, 0.05) is 12.2 Å². The summed E-state index contributed by atoms with van der Waals surface area (Å²) in [6, 6.07) is 8.58. The number of amides is 1. The van der Waals surface area contributed by atoms with E-state index in [1.807, 2.05) is 30.3 Å². The van der Waals surface area contributed by atoms with Crippen molar-refractivity contribution in [1.82, 2.24) is 5.32 Å². The monoisotopic (exact) mass is 326 g/mol. The van der Waals surface area contributed by atoms with Crippen molar-refractivity contribution in [3.8, 4) is 0 Å². The fourth-order valence-electron chi connectivity index (χ4n) is 1.98. The number of carbonyl (C=O) groups excluding carboxylic acids is 1. The van der Waals surface area contributed by atoms with E-state index in [4.69, 9.17) is 10.8 Å². The first kappa shape index (κ1) is 18.5. The van der Waals surface area contributed by atoms with E-state index >= 15 is 0 Å². The van der Waals surface area contributed by atoms with Gasteiger partial charge in [0.1, 0.15) is 0 Å². The molecule has 1 amide bonds. The zero-order valence-electron chi connectivity index (χ0n) is 12.5. The van der Waals surface area contributed by atoms with Crippen molar-refractivity contribution in [3.63, 3.8) is 0 Å². The Hall–Kier alpha value is -1.57. The van der Waals surface area contributed by atoms with E-state index in [-0.39, 0.29) is 12.2 Å². The van der Waals surface area contributed by atoms with Gasteiger partial charge in [0.05, 0.1) is 6.04 Å². The summed E-state index contributed by atoms with van der Waals surface area (Å²) in [7, 11) is 0.